The van der Waals surface area contributed by atoms with Crippen LogP contribution in [0, 0.1) is 11.3 Å². The molecule has 10 heavy (non-hydrogen) atoms. The minimum absolute atomic E-state index is 0.522. The summed E-state index contributed by atoms with van der Waals surface area (Å²) in [5, 5.41) is 7.00. The van der Waals surface area contributed by atoms with Gasteiger partial charge in [-0.05, 0) is 17.8 Å². The highest BCUT2D eigenvalue weighted by Crippen LogP contribution is 2.23. The molecule has 0 aliphatic rings. The fraction of sp³-hybridized carbons (Fsp3) is 1.00. The Kier molecular flexibility index (Phi) is 7.22. The molecule has 0 aliphatic carbocycles. The molecule has 1 heteroatoms. The van der Waals surface area contributed by atoms with E-state index in [0.717, 1.165) is 13.0 Å². The fourth-order valence-electron chi connectivity index (χ4n) is 1.22. The van der Waals surface area contributed by atoms with Crippen molar-refractivity contribution in [3.8, 4) is 0 Å². The standard InChI is InChI=1S/C8H18.CH4O/c1-7(2)6-8(3,4)5;1-2/h7H,6H2,1-5H3;2H,1H3. The van der Waals surface area contributed by atoms with Gasteiger partial charge in [0.05, 0.1) is 0 Å². The number of aliphatic hydroxyl groups excluding tert-OH is 1. The van der Waals surface area contributed by atoms with Crippen LogP contribution in [-0.2, 0) is 0 Å². The zero-order valence-corrected chi connectivity index (χ0v) is 8.23. The van der Waals surface area contributed by atoms with E-state index in [1.165, 1.54) is 6.42 Å². The predicted octanol–water partition coefficient (Wildman–Crippen LogP) is 2.69. The summed E-state index contributed by atoms with van der Waals surface area (Å²) in [6.07, 6.45) is 1.33. The summed E-state index contributed by atoms with van der Waals surface area (Å²) in [5.74, 6) is 0.843. The van der Waals surface area contributed by atoms with Gasteiger partial charge in [0.2, 0.25) is 0 Å². The average molecular weight is 146 g/mol. The first-order valence-corrected chi connectivity index (χ1v) is 3.86. The van der Waals surface area contributed by atoms with Crippen molar-refractivity contribution in [2.24, 2.45) is 11.3 Å². The van der Waals surface area contributed by atoms with Gasteiger partial charge in [0.15, 0.2) is 0 Å². The van der Waals surface area contributed by atoms with Crippen molar-refractivity contribution >= 4 is 0 Å². The lowest BCUT2D eigenvalue weighted by Gasteiger charge is -2.19. The van der Waals surface area contributed by atoms with Gasteiger partial charge in [-0.3, -0.25) is 0 Å². The Morgan fingerprint density at radius 2 is 1.40 bits per heavy atom. The molecule has 0 radical (unpaired) electrons. The highest BCUT2D eigenvalue weighted by atomic mass is 16.2. The first kappa shape index (κ1) is 12.6. The molecule has 0 rings (SSSR count). The van der Waals surface area contributed by atoms with E-state index >= 15 is 0 Å². The number of hydrogen-bond donors (Lipinski definition) is 1. The second-order valence-corrected chi connectivity index (χ2v) is 4.16. The molecule has 0 aliphatic heterocycles. The van der Waals surface area contributed by atoms with Crippen LogP contribution in [0.25, 0.3) is 0 Å². The normalized spacial score (nSPS) is 10.8. The van der Waals surface area contributed by atoms with Crippen molar-refractivity contribution in [1.29, 1.82) is 0 Å². The predicted molar refractivity (Wildman–Crippen MR) is 47.1 cm³/mol. The second-order valence-electron chi connectivity index (χ2n) is 4.16. The molecule has 0 aromatic heterocycles. The average Bonchev–Trinajstić information content (AvgIpc) is 1.64. The van der Waals surface area contributed by atoms with E-state index in [-0.39, 0.29) is 0 Å². The van der Waals surface area contributed by atoms with E-state index < -0.39 is 0 Å². The van der Waals surface area contributed by atoms with Crippen LogP contribution >= 0.6 is 0 Å². The topological polar surface area (TPSA) is 20.2 Å². The van der Waals surface area contributed by atoms with Crippen LogP contribution in [0.4, 0.5) is 0 Å². The molecule has 0 aromatic carbocycles. The molecule has 0 saturated heterocycles. The monoisotopic (exact) mass is 146 g/mol. The quantitative estimate of drug-likeness (QED) is 0.603. The summed E-state index contributed by atoms with van der Waals surface area (Å²) in [6.45, 7) is 11.4. The van der Waals surface area contributed by atoms with Crippen molar-refractivity contribution in [1.82, 2.24) is 0 Å². The van der Waals surface area contributed by atoms with Crippen molar-refractivity contribution in [3.63, 3.8) is 0 Å². The van der Waals surface area contributed by atoms with E-state index in [2.05, 4.69) is 34.6 Å². The van der Waals surface area contributed by atoms with Gasteiger partial charge < -0.3 is 5.11 Å². The Morgan fingerprint density at radius 3 is 1.40 bits per heavy atom. The van der Waals surface area contributed by atoms with Crippen LogP contribution in [0.1, 0.15) is 41.0 Å². The third-order valence-electron chi connectivity index (χ3n) is 1.02. The van der Waals surface area contributed by atoms with Crippen LogP contribution < -0.4 is 0 Å². The van der Waals surface area contributed by atoms with E-state index in [4.69, 9.17) is 5.11 Å². The van der Waals surface area contributed by atoms with Crippen molar-refractivity contribution in [2.75, 3.05) is 7.11 Å². The maximum Gasteiger partial charge on any atom is 0.0319 e. The Balaban J connectivity index is 0. The minimum Gasteiger partial charge on any atom is -0.400 e. The SMILES string of the molecule is CC(C)CC(C)(C)C.CO. The lowest BCUT2D eigenvalue weighted by molar-refractivity contribution is 0.320. The zero-order chi connectivity index (χ0) is 8.78. The Labute approximate surface area is 65.5 Å². The maximum atomic E-state index is 7.00. The molecule has 0 unspecified atom stereocenters. The van der Waals surface area contributed by atoms with Gasteiger partial charge in [0, 0.05) is 7.11 Å². The second kappa shape index (κ2) is 5.72. The van der Waals surface area contributed by atoms with Crippen molar-refractivity contribution < 1.29 is 5.11 Å². The number of hydrogen-bond acceptors (Lipinski definition) is 1. The highest BCUT2D eigenvalue weighted by molar-refractivity contribution is 4.62. The summed E-state index contributed by atoms with van der Waals surface area (Å²) in [5.41, 5.74) is 0.522. The molecular formula is C9H22O. The Bertz CT molecular complexity index is 59.6. The molecule has 0 atom stereocenters. The van der Waals surface area contributed by atoms with E-state index in [1.807, 2.05) is 0 Å². The van der Waals surface area contributed by atoms with Crippen LogP contribution in [0.2, 0.25) is 0 Å². The zero-order valence-electron chi connectivity index (χ0n) is 8.23. The van der Waals surface area contributed by atoms with Crippen LogP contribution in [0.5, 0.6) is 0 Å². The van der Waals surface area contributed by atoms with Crippen LogP contribution in [-0.4, -0.2) is 12.2 Å². The molecule has 64 valence electrons. The van der Waals surface area contributed by atoms with Gasteiger partial charge in [-0.2, -0.15) is 0 Å². The molecule has 1 nitrogen and oxygen atoms in total. The Morgan fingerprint density at radius 1 is 1.10 bits per heavy atom. The lowest BCUT2D eigenvalue weighted by atomic mass is 9.86. The summed E-state index contributed by atoms with van der Waals surface area (Å²) in [7, 11) is 1.00. The smallest absolute Gasteiger partial charge is 0.0319 e. The number of rotatable bonds is 1. The highest BCUT2D eigenvalue weighted by Gasteiger charge is 2.11. The maximum absolute atomic E-state index is 7.00. The molecule has 0 spiro atoms. The van der Waals surface area contributed by atoms with Gasteiger partial charge >= 0.3 is 0 Å². The fourth-order valence-corrected chi connectivity index (χ4v) is 1.22. The summed E-state index contributed by atoms with van der Waals surface area (Å²) < 4.78 is 0. The largest absolute Gasteiger partial charge is 0.400 e. The van der Waals surface area contributed by atoms with Crippen molar-refractivity contribution in [3.05, 3.63) is 0 Å². The lowest BCUT2D eigenvalue weighted by Crippen LogP contribution is -2.08. The van der Waals surface area contributed by atoms with Crippen LogP contribution in [0.15, 0.2) is 0 Å². The first-order valence-electron chi connectivity index (χ1n) is 3.86. The minimum atomic E-state index is 0.522. The van der Waals surface area contributed by atoms with E-state index in [9.17, 15) is 0 Å². The van der Waals surface area contributed by atoms with E-state index in [0.29, 0.717) is 5.41 Å². The summed E-state index contributed by atoms with van der Waals surface area (Å²) in [4.78, 5) is 0. The van der Waals surface area contributed by atoms with Crippen molar-refractivity contribution in [2.45, 2.75) is 41.0 Å². The van der Waals surface area contributed by atoms with Gasteiger partial charge in [-0.15, -0.1) is 0 Å². The molecule has 0 amide bonds. The molecule has 0 fully saturated rings. The third kappa shape index (κ3) is 15.7. The van der Waals surface area contributed by atoms with Gasteiger partial charge in [-0.25, -0.2) is 0 Å². The van der Waals surface area contributed by atoms with Gasteiger partial charge in [-0.1, -0.05) is 34.6 Å². The Hall–Kier alpha value is -0.0400. The third-order valence-corrected chi connectivity index (χ3v) is 1.02. The van der Waals surface area contributed by atoms with Gasteiger partial charge in [0.25, 0.3) is 0 Å². The van der Waals surface area contributed by atoms with Gasteiger partial charge in [0.1, 0.15) is 0 Å². The van der Waals surface area contributed by atoms with E-state index in [1.54, 1.807) is 0 Å². The molecular weight excluding hydrogens is 124 g/mol. The molecule has 0 saturated carbocycles. The molecule has 1 N–H and O–H groups in total. The number of aliphatic hydroxyl groups is 1. The first-order chi connectivity index (χ1) is 4.42. The molecule has 0 aromatic rings. The summed E-state index contributed by atoms with van der Waals surface area (Å²) in [6, 6.07) is 0. The summed E-state index contributed by atoms with van der Waals surface area (Å²) >= 11 is 0. The molecule has 0 bridgehead atoms. The molecule has 0 heterocycles. The van der Waals surface area contributed by atoms with Crippen LogP contribution in [0.3, 0.4) is 0 Å².